The molecule has 142 valence electrons. The van der Waals surface area contributed by atoms with Crippen LogP contribution < -0.4 is 5.32 Å². The maximum absolute atomic E-state index is 12.5. The first kappa shape index (κ1) is 19.9. The standard InChI is InChI=1S/C22H17Cl2NO3/c1-2-13-3-5-14(6-4-13)15-7-10-20(18(11-15)22(27)28)25-21(26)17-9-8-16(23)12-19(17)24/h3-12H,2H2,1H3,(H,25,26)(H,27,28). The van der Waals surface area contributed by atoms with Gasteiger partial charge in [0.1, 0.15) is 0 Å². The smallest absolute Gasteiger partial charge is 0.337 e. The molecule has 3 aromatic carbocycles. The lowest BCUT2D eigenvalue weighted by Crippen LogP contribution is -2.15. The summed E-state index contributed by atoms with van der Waals surface area (Å²) in [6.45, 7) is 2.07. The van der Waals surface area contributed by atoms with Gasteiger partial charge in [0.15, 0.2) is 0 Å². The molecule has 0 radical (unpaired) electrons. The third-order valence-corrected chi connectivity index (χ3v) is 4.92. The van der Waals surface area contributed by atoms with E-state index in [0.717, 1.165) is 17.5 Å². The number of carboxylic acid groups (broad SMARTS) is 1. The van der Waals surface area contributed by atoms with Crippen LogP contribution in [-0.2, 0) is 6.42 Å². The summed E-state index contributed by atoms with van der Waals surface area (Å²) < 4.78 is 0. The highest BCUT2D eigenvalue weighted by molar-refractivity contribution is 6.37. The van der Waals surface area contributed by atoms with Crippen LogP contribution in [0.2, 0.25) is 10.0 Å². The fraction of sp³-hybridized carbons (Fsp3) is 0.0909. The van der Waals surface area contributed by atoms with Crippen molar-refractivity contribution in [3.05, 3.63) is 87.4 Å². The van der Waals surface area contributed by atoms with Crippen LogP contribution in [0.3, 0.4) is 0 Å². The van der Waals surface area contributed by atoms with E-state index in [0.29, 0.717) is 5.02 Å². The average molecular weight is 414 g/mol. The van der Waals surface area contributed by atoms with E-state index in [-0.39, 0.29) is 21.8 Å². The molecular formula is C22H17Cl2NO3. The van der Waals surface area contributed by atoms with Crippen molar-refractivity contribution < 1.29 is 14.7 Å². The highest BCUT2D eigenvalue weighted by Crippen LogP contribution is 2.27. The Kier molecular flexibility index (Phi) is 6.02. The maximum Gasteiger partial charge on any atom is 0.337 e. The molecule has 3 aromatic rings. The Morgan fingerprint density at radius 2 is 1.57 bits per heavy atom. The van der Waals surface area contributed by atoms with E-state index < -0.39 is 11.9 Å². The lowest BCUT2D eigenvalue weighted by molar-refractivity contribution is 0.0698. The number of aromatic carboxylic acids is 1. The summed E-state index contributed by atoms with van der Waals surface area (Å²) >= 11 is 11.9. The molecule has 0 aliphatic heterocycles. The number of benzene rings is 3. The molecule has 6 heteroatoms. The quantitative estimate of drug-likeness (QED) is 0.525. The molecule has 3 rings (SSSR count). The van der Waals surface area contributed by atoms with E-state index in [4.69, 9.17) is 23.2 Å². The van der Waals surface area contributed by atoms with E-state index in [9.17, 15) is 14.7 Å². The van der Waals surface area contributed by atoms with Gasteiger partial charge in [0.25, 0.3) is 5.91 Å². The first-order valence-electron chi connectivity index (χ1n) is 8.62. The Morgan fingerprint density at radius 1 is 0.893 bits per heavy atom. The van der Waals surface area contributed by atoms with Gasteiger partial charge in [-0.25, -0.2) is 4.79 Å². The Morgan fingerprint density at radius 3 is 2.18 bits per heavy atom. The van der Waals surface area contributed by atoms with Crippen LogP contribution in [0.25, 0.3) is 11.1 Å². The van der Waals surface area contributed by atoms with Crippen molar-refractivity contribution in [1.82, 2.24) is 0 Å². The Labute approximate surface area is 172 Å². The van der Waals surface area contributed by atoms with Crippen LogP contribution in [0, 0.1) is 0 Å². The number of hydrogen-bond donors (Lipinski definition) is 2. The number of carbonyl (C=O) groups excluding carboxylic acids is 1. The van der Waals surface area contributed by atoms with Gasteiger partial charge in [-0.05, 0) is 53.4 Å². The van der Waals surface area contributed by atoms with Gasteiger partial charge in [-0.2, -0.15) is 0 Å². The zero-order valence-electron chi connectivity index (χ0n) is 15.0. The molecule has 1 amide bonds. The summed E-state index contributed by atoms with van der Waals surface area (Å²) in [5, 5.41) is 12.8. The van der Waals surface area contributed by atoms with Gasteiger partial charge in [-0.15, -0.1) is 0 Å². The van der Waals surface area contributed by atoms with Gasteiger partial charge in [-0.1, -0.05) is 60.5 Å². The summed E-state index contributed by atoms with van der Waals surface area (Å²) in [4.78, 5) is 24.3. The van der Waals surface area contributed by atoms with Crippen molar-refractivity contribution >= 4 is 40.8 Å². The molecule has 0 aliphatic rings. The Bertz CT molecular complexity index is 1050. The second-order valence-corrected chi connectivity index (χ2v) is 7.04. The van der Waals surface area contributed by atoms with Crippen molar-refractivity contribution in [3.8, 4) is 11.1 Å². The molecule has 0 saturated carbocycles. The molecule has 4 nitrogen and oxygen atoms in total. The number of carboxylic acids is 1. The van der Waals surface area contributed by atoms with Crippen LogP contribution in [0.5, 0.6) is 0 Å². The minimum Gasteiger partial charge on any atom is -0.478 e. The fourth-order valence-corrected chi connectivity index (χ4v) is 3.30. The topological polar surface area (TPSA) is 66.4 Å². The normalized spacial score (nSPS) is 10.5. The van der Waals surface area contributed by atoms with Crippen LogP contribution in [0.1, 0.15) is 33.2 Å². The minimum atomic E-state index is -1.13. The van der Waals surface area contributed by atoms with Crippen LogP contribution in [0.4, 0.5) is 5.69 Å². The molecule has 0 atom stereocenters. The van der Waals surface area contributed by atoms with Crippen LogP contribution in [0.15, 0.2) is 60.7 Å². The zero-order valence-corrected chi connectivity index (χ0v) is 16.5. The first-order chi connectivity index (χ1) is 13.4. The molecule has 0 saturated heterocycles. The zero-order chi connectivity index (χ0) is 20.3. The second-order valence-electron chi connectivity index (χ2n) is 6.19. The fourth-order valence-electron chi connectivity index (χ4n) is 2.81. The monoisotopic (exact) mass is 413 g/mol. The number of anilines is 1. The van der Waals surface area contributed by atoms with Crippen LogP contribution >= 0.6 is 23.2 Å². The summed E-state index contributed by atoms with van der Waals surface area (Å²) in [6, 6.07) is 17.3. The average Bonchev–Trinajstić information content (AvgIpc) is 2.68. The molecule has 2 N–H and O–H groups in total. The van der Waals surface area contributed by atoms with E-state index in [1.165, 1.54) is 17.7 Å². The molecule has 0 heterocycles. The predicted molar refractivity (Wildman–Crippen MR) is 113 cm³/mol. The molecule has 0 aromatic heterocycles. The van der Waals surface area contributed by atoms with E-state index in [1.54, 1.807) is 24.3 Å². The molecule has 28 heavy (non-hydrogen) atoms. The summed E-state index contributed by atoms with van der Waals surface area (Å²) in [5.74, 6) is -1.64. The number of aryl methyl sites for hydroxylation is 1. The molecule has 0 unspecified atom stereocenters. The largest absolute Gasteiger partial charge is 0.478 e. The summed E-state index contributed by atoms with van der Waals surface area (Å²) in [5.41, 5.74) is 3.25. The Balaban J connectivity index is 1.92. The van der Waals surface area contributed by atoms with Crippen molar-refractivity contribution in [1.29, 1.82) is 0 Å². The molecule has 0 fully saturated rings. The molecule has 0 spiro atoms. The molecular weight excluding hydrogens is 397 g/mol. The van der Waals surface area contributed by atoms with Gasteiger partial charge in [0, 0.05) is 5.02 Å². The lowest BCUT2D eigenvalue weighted by Gasteiger charge is -2.12. The van der Waals surface area contributed by atoms with Gasteiger partial charge < -0.3 is 10.4 Å². The van der Waals surface area contributed by atoms with Crippen LogP contribution in [-0.4, -0.2) is 17.0 Å². The van der Waals surface area contributed by atoms with E-state index in [2.05, 4.69) is 12.2 Å². The van der Waals surface area contributed by atoms with Gasteiger partial charge in [0.05, 0.1) is 21.8 Å². The van der Waals surface area contributed by atoms with Crippen molar-refractivity contribution in [3.63, 3.8) is 0 Å². The molecule has 0 bridgehead atoms. The number of amides is 1. The first-order valence-corrected chi connectivity index (χ1v) is 9.37. The Hall–Kier alpha value is -2.82. The number of rotatable bonds is 5. The van der Waals surface area contributed by atoms with Crippen molar-refractivity contribution in [2.45, 2.75) is 13.3 Å². The van der Waals surface area contributed by atoms with E-state index in [1.807, 2.05) is 24.3 Å². The number of halogens is 2. The van der Waals surface area contributed by atoms with Gasteiger partial charge >= 0.3 is 5.97 Å². The lowest BCUT2D eigenvalue weighted by atomic mass is 10.00. The number of nitrogens with one attached hydrogen (secondary N) is 1. The molecule has 0 aliphatic carbocycles. The van der Waals surface area contributed by atoms with E-state index >= 15 is 0 Å². The van der Waals surface area contributed by atoms with Crippen molar-refractivity contribution in [2.24, 2.45) is 0 Å². The third kappa shape index (κ3) is 4.35. The third-order valence-electron chi connectivity index (χ3n) is 4.37. The summed E-state index contributed by atoms with van der Waals surface area (Å²) in [7, 11) is 0. The number of hydrogen-bond acceptors (Lipinski definition) is 2. The van der Waals surface area contributed by atoms with Crippen molar-refractivity contribution in [2.75, 3.05) is 5.32 Å². The maximum atomic E-state index is 12.5. The van der Waals surface area contributed by atoms with Gasteiger partial charge in [0.2, 0.25) is 0 Å². The highest BCUT2D eigenvalue weighted by Gasteiger charge is 2.17. The minimum absolute atomic E-state index is 0.00416. The summed E-state index contributed by atoms with van der Waals surface area (Å²) in [6.07, 6.45) is 0.929. The highest BCUT2D eigenvalue weighted by atomic mass is 35.5. The second kappa shape index (κ2) is 8.46. The SMILES string of the molecule is CCc1ccc(-c2ccc(NC(=O)c3ccc(Cl)cc3Cl)c(C(=O)O)c2)cc1. The predicted octanol–water partition coefficient (Wildman–Crippen LogP) is 6.17. The van der Waals surface area contributed by atoms with Gasteiger partial charge in [-0.3, -0.25) is 4.79 Å². The number of carbonyl (C=O) groups is 2.